The van der Waals surface area contributed by atoms with Crippen molar-refractivity contribution in [1.82, 2.24) is 14.2 Å². The molecular formula is C15H19N3O3S2. The van der Waals surface area contributed by atoms with Gasteiger partial charge in [-0.1, -0.05) is 0 Å². The first kappa shape index (κ1) is 15.3. The standard InChI is InChI=1S/C15H19N3O3S2/c1-17-11-2-3-12(17)9-18(7-6-11)23(19,20)15-5-4-14(22-15)13-8-16-10-21-13/h4-5,8,10-12H,2-3,6-7,9H2,1H3/t11-,12+/m1/s1. The van der Waals surface area contributed by atoms with Crippen LogP contribution in [0.5, 0.6) is 0 Å². The molecule has 0 saturated carbocycles. The molecule has 0 radical (unpaired) electrons. The van der Waals surface area contributed by atoms with Crippen LogP contribution < -0.4 is 0 Å². The summed E-state index contributed by atoms with van der Waals surface area (Å²) in [6.45, 7) is 1.19. The molecule has 0 amide bonds. The minimum absolute atomic E-state index is 0.339. The zero-order valence-corrected chi connectivity index (χ0v) is 14.5. The van der Waals surface area contributed by atoms with Gasteiger partial charge in [0, 0.05) is 25.2 Å². The van der Waals surface area contributed by atoms with E-state index in [2.05, 4.69) is 16.9 Å². The molecular weight excluding hydrogens is 334 g/mol. The van der Waals surface area contributed by atoms with E-state index >= 15 is 0 Å². The van der Waals surface area contributed by atoms with Crippen LogP contribution in [-0.2, 0) is 10.0 Å². The molecule has 0 aromatic carbocycles. The summed E-state index contributed by atoms with van der Waals surface area (Å²) in [5, 5.41) is 0. The van der Waals surface area contributed by atoms with Crippen molar-refractivity contribution < 1.29 is 12.8 Å². The average Bonchev–Trinajstić information content (AvgIpc) is 3.21. The molecule has 2 aliphatic heterocycles. The number of oxazole rings is 1. The number of hydrogen-bond donors (Lipinski definition) is 0. The predicted molar refractivity (Wildman–Crippen MR) is 87.8 cm³/mol. The van der Waals surface area contributed by atoms with Crippen LogP contribution >= 0.6 is 11.3 Å². The Balaban J connectivity index is 1.60. The van der Waals surface area contributed by atoms with E-state index < -0.39 is 10.0 Å². The van der Waals surface area contributed by atoms with Crippen LogP contribution in [0.1, 0.15) is 19.3 Å². The van der Waals surface area contributed by atoms with E-state index in [1.165, 1.54) is 24.2 Å². The summed E-state index contributed by atoms with van der Waals surface area (Å²) in [6.07, 6.45) is 6.13. The number of fused-ring (bicyclic) bond motifs is 2. The van der Waals surface area contributed by atoms with Crippen molar-refractivity contribution in [2.24, 2.45) is 0 Å². The molecule has 2 saturated heterocycles. The van der Waals surface area contributed by atoms with Crippen LogP contribution in [0.25, 0.3) is 10.6 Å². The average molecular weight is 353 g/mol. The molecule has 4 rings (SSSR count). The maximum Gasteiger partial charge on any atom is 0.252 e. The van der Waals surface area contributed by atoms with E-state index in [4.69, 9.17) is 4.42 Å². The number of hydrogen-bond acceptors (Lipinski definition) is 6. The first-order valence-electron chi connectivity index (χ1n) is 7.76. The summed E-state index contributed by atoms with van der Waals surface area (Å²) in [7, 11) is -1.32. The van der Waals surface area contributed by atoms with Crippen LogP contribution in [0.4, 0.5) is 0 Å². The molecule has 0 unspecified atom stereocenters. The fourth-order valence-corrected chi connectivity index (χ4v) is 6.46. The summed E-state index contributed by atoms with van der Waals surface area (Å²) in [4.78, 5) is 7.02. The normalized spacial score (nSPS) is 26.5. The Morgan fingerprint density at radius 3 is 2.87 bits per heavy atom. The Kier molecular flexibility index (Phi) is 3.79. The second kappa shape index (κ2) is 5.70. The quantitative estimate of drug-likeness (QED) is 0.847. The molecule has 2 bridgehead atoms. The lowest BCUT2D eigenvalue weighted by atomic mass is 10.1. The molecule has 2 atom stereocenters. The first-order chi connectivity index (χ1) is 11.1. The zero-order valence-electron chi connectivity index (χ0n) is 12.9. The van der Waals surface area contributed by atoms with Gasteiger partial charge in [0.2, 0.25) is 0 Å². The van der Waals surface area contributed by atoms with Crippen LogP contribution in [0.2, 0.25) is 0 Å². The van der Waals surface area contributed by atoms with E-state index in [1.807, 2.05) is 0 Å². The van der Waals surface area contributed by atoms with Gasteiger partial charge < -0.3 is 4.42 Å². The van der Waals surface area contributed by atoms with Crippen molar-refractivity contribution in [2.45, 2.75) is 35.6 Å². The number of nitrogens with zero attached hydrogens (tertiary/aromatic N) is 3. The van der Waals surface area contributed by atoms with E-state index in [-0.39, 0.29) is 0 Å². The summed E-state index contributed by atoms with van der Waals surface area (Å²) < 4.78 is 33.2. The highest BCUT2D eigenvalue weighted by Gasteiger charge is 2.39. The highest BCUT2D eigenvalue weighted by Crippen LogP contribution is 2.35. The SMILES string of the molecule is CN1[C@@H]2CC[C@H]1CN(S(=O)(=O)c1ccc(-c3cnco3)s1)CC2. The Morgan fingerprint density at radius 2 is 2.09 bits per heavy atom. The van der Waals surface area contributed by atoms with Crippen molar-refractivity contribution in [3.8, 4) is 10.6 Å². The summed E-state index contributed by atoms with van der Waals surface area (Å²) in [5.74, 6) is 0.603. The van der Waals surface area contributed by atoms with Crippen LogP contribution in [0.3, 0.4) is 0 Å². The Labute approximate surface area is 139 Å². The van der Waals surface area contributed by atoms with Gasteiger partial charge in [0.25, 0.3) is 10.0 Å². The van der Waals surface area contributed by atoms with Gasteiger partial charge in [0.15, 0.2) is 12.2 Å². The minimum Gasteiger partial charge on any atom is -0.443 e. The van der Waals surface area contributed by atoms with E-state index in [0.717, 1.165) is 17.7 Å². The lowest BCUT2D eigenvalue weighted by Gasteiger charge is -2.24. The number of sulfonamides is 1. The van der Waals surface area contributed by atoms with Crippen LogP contribution in [-0.4, -0.2) is 54.8 Å². The molecule has 0 aliphatic carbocycles. The number of likely N-dealkylation sites (N-methyl/N-ethyl adjacent to an activating group) is 1. The largest absolute Gasteiger partial charge is 0.443 e. The molecule has 8 heteroatoms. The van der Waals surface area contributed by atoms with Gasteiger partial charge in [0.1, 0.15) is 4.21 Å². The molecule has 124 valence electrons. The van der Waals surface area contributed by atoms with Gasteiger partial charge in [-0.25, -0.2) is 13.4 Å². The monoisotopic (exact) mass is 353 g/mol. The predicted octanol–water partition coefficient (Wildman–Crippen LogP) is 2.26. The maximum atomic E-state index is 13.0. The molecule has 0 N–H and O–H groups in total. The van der Waals surface area contributed by atoms with Crippen molar-refractivity contribution in [3.63, 3.8) is 0 Å². The molecule has 6 nitrogen and oxygen atoms in total. The Hall–Kier alpha value is -1.22. The van der Waals surface area contributed by atoms with Crippen molar-refractivity contribution >= 4 is 21.4 Å². The van der Waals surface area contributed by atoms with Gasteiger partial charge in [-0.3, -0.25) is 4.90 Å². The third-order valence-electron chi connectivity index (χ3n) is 4.96. The van der Waals surface area contributed by atoms with Crippen LogP contribution in [0, 0.1) is 0 Å². The van der Waals surface area contributed by atoms with Crippen molar-refractivity contribution in [1.29, 1.82) is 0 Å². The highest BCUT2D eigenvalue weighted by molar-refractivity contribution is 7.91. The fraction of sp³-hybridized carbons (Fsp3) is 0.533. The second-order valence-electron chi connectivity index (χ2n) is 6.19. The first-order valence-corrected chi connectivity index (χ1v) is 10.0. The van der Waals surface area contributed by atoms with Gasteiger partial charge in [0.05, 0.1) is 11.1 Å². The molecule has 2 aromatic heterocycles. The van der Waals surface area contributed by atoms with Gasteiger partial charge in [-0.15, -0.1) is 11.3 Å². The zero-order chi connectivity index (χ0) is 16.0. The maximum absolute atomic E-state index is 13.0. The minimum atomic E-state index is -3.44. The third kappa shape index (κ3) is 2.63. The molecule has 23 heavy (non-hydrogen) atoms. The molecule has 2 aromatic rings. The smallest absolute Gasteiger partial charge is 0.252 e. The summed E-state index contributed by atoms with van der Waals surface area (Å²) >= 11 is 1.24. The fourth-order valence-electron chi connectivity index (χ4n) is 3.55. The van der Waals surface area contributed by atoms with E-state index in [9.17, 15) is 8.42 Å². The van der Waals surface area contributed by atoms with Gasteiger partial charge in [-0.2, -0.15) is 4.31 Å². The molecule has 4 heterocycles. The number of thiophene rings is 1. The topological polar surface area (TPSA) is 66.7 Å². The van der Waals surface area contributed by atoms with Crippen LogP contribution in [0.15, 0.2) is 33.3 Å². The highest BCUT2D eigenvalue weighted by atomic mass is 32.2. The van der Waals surface area contributed by atoms with Gasteiger partial charge >= 0.3 is 0 Å². The van der Waals surface area contributed by atoms with E-state index in [1.54, 1.807) is 22.6 Å². The Morgan fingerprint density at radius 1 is 1.26 bits per heavy atom. The number of rotatable bonds is 3. The lowest BCUT2D eigenvalue weighted by molar-refractivity contribution is 0.247. The van der Waals surface area contributed by atoms with Crippen molar-refractivity contribution in [2.75, 3.05) is 20.1 Å². The molecule has 2 fully saturated rings. The van der Waals surface area contributed by atoms with Gasteiger partial charge in [-0.05, 0) is 38.4 Å². The Bertz CT molecular complexity index is 785. The van der Waals surface area contributed by atoms with E-state index in [0.29, 0.717) is 35.1 Å². The lowest BCUT2D eigenvalue weighted by Crippen LogP contribution is -2.39. The number of aromatic nitrogens is 1. The summed E-state index contributed by atoms with van der Waals surface area (Å²) in [5.41, 5.74) is 0. The molecule has 2 aliphatic rings. The van der Waals surface area contributed by atoms with Crippen molar-refractivity contribution in [3.05, 3.63) is 24.7 Å². The third-order valence-corrected chi connectivity index (χ3v) is 8.39. The molecule has 0 spiro atoms. The second-order valence-corrected chi connectivity index (χ2v) is 9.44. The summed E-state index contributed by atoms with van der Waals surface area (Å²) in [6, 6.07) is 4.32.